The highest BCUT2D eigenvalue weighted by Crippen LogP contribution is 2.44. The van der Waals surface area contributed by atoms with Gasteiger partial charge in [0.1, 0.15) is 12.7 Å². The van der Waals surface area contributed by atoms with Crippen molar-refractivity contribution in [3.05, 3.63) is 83.7 Å². The summed E-state index contributed by atoms with van der Waals surface area (Å²) in [6.45, 7) is 0.373. The van der Waals surface area contributed by atoms with Gasteiger partial charge in [-0.2, -0.15) is 0 Å². The van der Waals surface area contributed by atoms with Gasteiger partial charge < -0.3 is 26.0 Å². The van der Waals surface area contributed by atoms with Crippen molar-refractivity contribution in [2.75, 3.05) is 18.9 Å². The number of aliphatic hydroxyl groups excluding tert-OH is 2. The molecule has 2 aromatic carbocycles. The predicted molar refractivity (Wildman–Crippen MR) is 117 cm³/mol. The Kier molecular flexibility index (Phi) is 6.16. The molecule has 2 atom stereocenters. The van der Waals surface area contributed by atoms with E-state index in [4.69, 9.17) is 10.5 Å². The number of alkyl carbamates (subject to hydrolysis) is 1. The number of carbonyl (C=O) groups excluding carboxylic acids is 1. The van der Waals surface area contributed by atoms with Gasteiger partial charge >= 0.3 is 6.09 Å². The SMILES string of the molecule is Nc1cnccc1C(O)C(O)CCNC(=O)OCC1c2ccccc2-c2ccccc21. The summed E-state index contributed by atoms with van der Waals surface area (Å²) in [6.07, 6.45) is 0.252. The molecule has 0 bridgehead atoms. The van der Waals surface area contributed by atoms with Crippen LogP contribution < -0.4 is 11.1 Å². The van der Waals surface area contributed by atoms with E-state index in [0.29, 0.717) is 11.3 Å². The van der Waals surface area contributed by atoms with Crippen molar-refractivity contribution in [2.45, 2.75) is 24.5 Å². The molecule has 2 unspecified atom stereocenters. The van der Waals surface area contributed by atoms with Crippen LogP contribution in [-0.4, -0.2) is 40.5 Å². The molecule has 1 heterocycles. The molecule has 1 aliphatic carbocycles. The maximum Gasteiger partial charge on any atom is 0.407 e. The van der Waals surface area contributed by atoms with Crippen LogP contribution in [0.15, 0.2) is 67.0 Å². The zero-order valence-electron chi connectivity index (χ0n) is 16.9. The molecule has 0 fully saturated rings. The van der Waals surface area contributed by atoms with E-state index >= 15 is 0 Å². The van der Waals surface area contributed by atoms with Gasteiger partial charge in [-0.1, -0.05) is 48.5 Å². The highest BCUT2D eigenvalue weighted by molar-refractivity contribution is 5.79. The predicted octanol–water partition coefficient (Wildman–Crippen LogP) is 2.99. The number of aliphatic hydroxyl groups is 2. The molecule has 0 aliphatic heterocycles. The summed E-state index contributed by atoms with van der Waals surface area (Å²) in [4.78, 5) is 16.1. The number of anilines is 1. The number of nitrogens with zero attached hydrogens (tertiary/aromatic N) is 1. The number of hydrogen-bond donors (Lipinski definition) is 4. The monoisotopic (exact) mass is 419 g/mol. The average Bonchev–Trinajstić information content (AvgIpc) is 3.11. The Hall–Kier alpha value is -3.42. The van der Waals surface area contributed by atoms with Crippen LogP contribution in [0.2, 0.25) is 0 Å². The molecule has 7 heteroatoms. The molecule has 0 radical (unpaired) electrons. The lowest BCUT2D eigenvalue weighted by Gasteiger charge is -2.19. The third kappa shape index (κ3) is 4.38. The summed E-state index contributed by atoms with van der Waals surface area (Å²) >= 11 is 0. The number of hydrogen-bond acceptors (Lipinski definition) is 6. The van der Waals surface area contributed by atoms with Crippen molar-refractivity contribution < 1.29 is 19.7 Å². The second-order valence-electron chi connectivity index (χ2n) is 7.56. The standard InChI is InChI=1S/C24H25N3O4/c25-21-13-26-11-9-19(21)23(29)22(28)10-12-27-24(30)31-14-20-17-7-3-1-5-15(17)16-6-2-4-8-18(16)20/h1-9,11,13,20,22-23,28-29H,10,12,14,25H2,(H,27,30). The zero-order chi connectivity index (χ0) is 21.8. The van der Waals surface area contributed by atoms with Gasteiger partial charge in [0.25, 0.3) is 0 Å². The first-order valence-electron chi connectivity index (χ1n) is 10.2. The largest absolute Gasteiger partial charge is 0.449 e. The first-order chi connectivity index (χ1) is 15.1. The molecule has 0 saturated carbocycles. The number of pyridine rings is 1. The lowest BCUT2D eigenvalue weighted by molar-refractivity contribution is 0.0140. The number of amides is 1. The first-order valence-corrected chi connectivity index (χ1v) is 10.2. The minimum Gasteiger partial charge on any atom is -0.449 e. The van der Waals surface area contributed by atoms with Crippen LogP contribution in [0, 0.1) is 0 Å². The summed E-state index contributed by atoms with van der Waals surface area (Å²) < 4.78 is 5.46. The van der Waals surface area contributed by atoms with Gasteiger partial charge in [-0.05, 0) is 34.7 Å². The second kappa shape index (κ2) is 9.16. The van der Waals surface area contributed by atoms with Crippen LogP contribution >= 0.6 is 0 Å². The molecule has 7 nitrogen and oxygen atoms in total. The number of rotatable bonds is 7. The van der Waals surface area contributed by atoms with E-state index in [9.17, 15) is 15.0 Å². The Morgan fingerprint density at radius 3 is 2.35 bits per heavy atom. The minimum atomic E-state index is -1.16. The van der Waals surface area contributed by atoms with Crippen LogP contribution in [0.4, 0.5) is 10.5 Å². The van der Waals surface area contributed by atoms with Crippen molar-refractivity contribution in [3.63, 3.8) is 0 Å². The normalized spacial score (nSPS) is 14.4. The number of nitrogen functional groups attached to an aromatic ring is 1. The van der Waals surface area contributed by atoms with Gasteiger partial charge in [0.2, 0.25) is 0 Å². The van der Waals surface area contributed by atoms with Crippen molar-refractivity contribution in [3.8, 4) is 11.1 Å². The molecule has 0 spiro atoms. The number of nitrogens with one attached hydrogen (secondary N) is 1. The van der Waals surface area contributed by atoms with E-state index in [1.165, 1.54) is 23.5 Å². The summed E-state index contributed by atoms with van der Waals surface area (Å²) in [5.41, 5.74) is 11.1. The molecule has 5 N–H and O–H groups in total. The van der Waals surface area contributed by atoms with Crippen LogP contribution in [0.25, 0.3) is 11.1 Å². The Balaban J connectivity index is 1.29. The van der Waals surface area contributed by atoms with Crippen molar-refractivity contribution in [1.29, 1.82) is 0 Å². The molecule has 160 valence electrons. The topological polar surface area (TPSA) is 118 Å². The number of nitrogens with two attached hydrogens (primary N) is 1. The van der Waals surface area contributed by atoms with Crippen molar-refractivity contribution in [1.82, 2.24) is 10.3 Å². The summed E-state index contributed by atoms with van der Waals surface area (Å²) in [5.74, 6) is -0.0137. The number of aromatic nitrogens is 1. The van der Waals surface area contributed by atoms with E-state index in [0.717, 1.165) is 11.1 Å². The van der Waals surface area contributed by atoms with Crippen LogP contribution in [-0.2, 0) is 4.74 Å². The smallest absolute Gasteiger partial charge is 0.407 e. The number of fused-ring (bicyclic) bond motifs is 3. The first kappa shape index (κ1) is 20.8. The quantitative estimate of drug-likeness (QED) is 0.468. The van der Waals surface area contributed by atoms with E-state index in [2.05, 4.69) is 34.6 Å². The van der Waals surface area contributed by atoms with E-state index in [-0.39, 0.29) is 25.5 Å². The van der Waals surface area contributed by atoms with Gasteiger partial charge in [0.05, 0.1) is 18.0 Å². The van der Waals surface area contributed by atoms with Gasteiger partial charge in [0.15, 0.2) is 0 Å². The third-order valence-electron chi connectivity index (χ3n) is 5.62. The molecular formula is C24H25N3O4. The highest BCUT2D eigenvalue weighted by atomic mass is 16.5. The summed E-state index contributed by atoms with van der Waals surface area (Å²) in [5, 5.41) is 23.1. The van der Waals surface area contributed by atoms with Gasteiger partial charge in [-0.25, -0.2) is 4.79 Å². The van der Waals surface area contributed by atoms with E-state index in [1.807, 2.05) is 24.3 Å². The molecule has 1 aromatic heterocycles. The molecule has 4 rings (SSSR count). The Morgan fingerprint density at radius 2 is 1.71 bits per heavy atom. The van der Waals surface area contributed by atoms with E-state index < -0.39 is 18.3 Å². The van der Waals surface area contributed by atoms with Gasteiger partial charge in [-0.15, -0.1) is 0 Å². The van der Waals surface area contributed by atoms with Crippen molar-refractivity contribution >= 4 is 11.8 Å². The summed E-state index contributed by atoms with van der Waals surface area (Å²) in [6, 6.07) is 17.8. The maximum absolute atomic E-state index is 12.2. The van der Waals surface area contributed by atoms with E-state index in [1.54, 1.807) is 6.07 Å². The van der Waals surface area contributed by atoms with Gasteiger partial charge in [-0.3, -0.25) is 4.98 Å². The van der Waals surface area contributed by atoms with Crippen LogP contribution in [0.1, 0.15) is 35.1 Å². The molecule has 1 aliphatic rings. The summed E-state index contributed by atoms with van der Waals surface area (Å²) in [7, 11) is 0. The molecule has 31 heavy (non-hydrogen) atoms. The lowest BCUT2D eigenvalue weighted by atomic mass is 9.98. The Morgan fingerprint density at radius 1 is 1.06 bits per heavy atom. The fourth-order valence-electron chi connectivity index (χ4n) is 4.02. The second-order valence-corrected chi connectivity index (χ2v) is 7.56. The minimum absolute atomic E-state index is 0.0137. The van der Waals surface area contributed by atoms with Crippen LogP contribution in [0.5, 0.6) is 0 Å². The molecule has 1 amide bonds. The fourth-order valence-corrected chi connectivity index (χ4v) is 4.02. The molecular weight excluding hydrogens is 394 g/mol. The van der Waals surface area contributed by atoms with Crippen molar-refractivity contribution in [2.24, 2.45) is 0 Å². The lowest BCUT2D eigenvalue weighted by Crippen LogP contribution is -2.30. The van der Waals surface area contributed by atoms with Gasteiger partial charge in [0, 0.05) is 24.2 Å². The zero-order valence-corrected chi connectivity index (χ0v) is 16.9. The number of ether oxygens (including phenoxy) is 1. The Labute approximate surface area is 180 Å². The maximum atomic E-state index is 12.2. The third-order valence-corrected chi connectivity index (χ3v) is 5.62. The number of benzene rings is 2. The highest BCUT2D eigenvalue weighted by Gasteiger charge is 2.29. The molecule has 3 aromatic rings. The fraction of sp³-hybridized carbons (Fsp3) is 0.250. The van der Waals surface area contributed by atoms with Crippen LogP contribution in [0.3, 0.4) is 0 Å². The Bertz CT molecular complexity index is 1030. The molecule has 0 saturated heterocycles. The number of carbonyl (C=O) groups is 1. The average molecular weight is 419 g/mol.